The molecule has 1 N–H and O–H groups in total. The lowest BCUT2D eigenvalue weighted by atomic mass is 9.88. The summed E-state index contributed by atoms with van der Waals surface area (Å²) in [4.78, 5) is 4.52. The smallest absolute Gasteiger partial charge is 0.221 e. The maximum absolute atomic E-state index is 6.06. The van der Waals surface area contributed by atoms with E-state index in [1.165, 1.54) is 19.3 Å². The van der Waals surface area contributed by atoms with Gasteiger partial charge < -0.3 is 14.8 Å². The highest BCUT2D eigenvalue weighted by atomic mass is 35.5. The average Bonchev–Trinajstić information content (AvgIpc) is 2.66. The number of rotatable bonds is 2. The van der Waals surface area contributed by atoms with Gasteiger partial charge in [-0.25, -0.2) is 0 Å². The highest BCUT2D eigenvalue weighted by molar-refractivity contribution is 5.85. The lowest BCUT2D eigenvalue weighted by molar-refractivity contribution is 0.0966. The average molecular weight is 299 g/mol. The van der Waals surface area contributed by atoms with E-state index in [1.807, 2.05) is 6.07 Å². The number of pyridine rings is 1. The molecule has 3 rings (SSSR count). The van der Waals surface area contributed by atoms with E-state index in [-0.39, 0.29) is 12.4 Å². The van der Waals surface area contributed by atoms with Crippen LogP contribution in [0.2, 0.25) is 0 Å². The van der Waals surface area contributed by atoms with Gasteiger partial charge >= 0.3 is 0 Å². The number of ether oxygens (including phenoxy) is 2. The summed E-state index contributed by atoms with van der Waals surface area (Å²) in [6, 6.07) is 4.03. The van der Waals surface area contributed by atoms with E-state index in [2.05, 4.69) is 23.3 Å². The van der Waals surface area contributed by atoms with Gasteiger partial charge in [0, 0.05) is 24.7 Å². The first-order chi connectivity index (χ1) is 9.33. The molecule has 112 valence electrons. The number of hydrogen-bond acceptors (Lipinski definition) is 4. The number of aromatic nitrogens is 1. The van der Waals surface area contributed by atoms with Crippen LogP contribution < -0.4 is 14.8 Å². The molecule has 2 heterocycles. The molecule has 0 spiro atoms. The topological polar surface area (TPSA) is 43.4 Å². The number of hydrogen-bond donors (Lipinski definition) is 1. The van der Waals surface area contributed by atoms with Crippen molar-refractivity contribution in [3.63, 3.8) is 0 Å². The van der Waals surface area contributed by atoms with Crippen molar-refractivity contribution in [3.8, 4) is 11.8 Å². The van der Waals surface area contributed by atoms with Gasteiger partial charge in [-0.2, -0.15) is 4.98 Å². The van der Waals surface area contributed by atoms with Crippen LogP contribution in [0.3, 0.4) is 0 Å². The number of fused-ring (bicyclic) bond motifs is 1. The summed E-state index contributed by atoms with van der Waals surface area (Å²) in [7, 11) is 0. The molecule has 4 nitrogen and oxygen atoms in total. The summed E-state index contributed by atoms with van der Waals surface area (Å²) in [5.74, 6) is 2.06. The predicted octanol–water partition coefficient (Wildman–Crippen LogP) is 2.94. The van der Waals surface area contributed by atoms with Gasteiger partial charge in [0.15, 0.2) is 0 Å². The quantitative estimate of drug-likeness (QED) is 0.912. The second kappa shape index (κ2) is 7.14. The second-order valence-corrected chi connectivity index (χ2v) is 5.56. The minimum Gasteiger partial charge on any atom is -0.476 e. The van der Waals surface area contributed by atoms with E-state index in [4.69, 9.17) is 9.47 Å². The molecule has 0 aromatic carbocycles. The van der Waals surface area contributed by atoms with E-state index in [1.54, 1.807) is 0 Å². The molecule has 1 saturated carbocycles. The monoisotopic (exact) mass is 298 g/mol. The Kier molecular flexibility index (Phi) is 5.49. The Morgan fingerprint density at radius 3 is 3.00 bits per heavy atom. The molecule has 1 fully saturated rings. The summed E-state index contributed by atoms with van der Waals surface area (Å²) < 4.78 is 11.7. The molecule has 5 heteroatoms. The van der Waals surface area contributed by atoms with Crippen molar-refractivity contribution >= 4 is 12.4 Å². The van der Waals surface area contributed by atoms with Crippen LogP contribution >= 0.6 is 12.4 Å². The molecule has 1 aromatic heterocycles. The van der Waals surface area contributed by atoms with Crippen molar-refractivity contribution in [2.75, 3.05) is 13.2 Å². The van der Waals surface area contributed by atoms with Crippen LogP contribution in [0.4, 0.5) is 0 Å². The molecule has 1 aromatic rings. The third-order valence-corrected chi connectivity index (χ3v) is 4.05. The summed E-state index contributed by atoms with van der Waals surface area (Å²) >= 11 is 0. The maximum Gasteiger partial charge on any atom is 0.221 e. The number of nitrogens with zero attached hydrogens (tertiary/aromatic N) is 1. The van der Waals surface area contributed by atoms with Gasteiger partial charge in [-0.1, -0.05) is 13.3 Å². The number of halogens is 1. The van der Waals surface area contributed by atoms with E-state index in [9.17, 15) is 0 Å². The van der Waals surface area contributed by atoms with Gasteiger partial charge in [0.1, 0.15) is 12.7 Å². The normalized spacial score (nSPS) is 25.6. The molecule has 2 unspecified atom stereocenters. The molecular weight excluding hydrogens is 276 g/mol. The van der Waals surface area contributed by atoms with Crippen molar-refractivity contribution in [3.05, 3.63) is 17.7 Å². The lowest BCUT2D eigenvalue weighted by Crippen LogP contribution is -2.28. The Balaban J connectivity index is 0.00000147. The zero-order valence-electron chi connectivity index (χ0n) is 11.9. The molecule has 0 amide bonds. The third kappa shape index (κ3) is 3.55. The van der Waals surface area contributed by atoms with Crippen LogP contribution in [0.1, 0.15) is 38.2 Å². The summed E-state index contributed by atoms with van der Waals surface area (Å²) in [5, 5.41) is 3.31. The molecule has 20 heavy (non-hydrogen) atoms. The minimum atomic E-state index is 0. The highest BCUT2D eigenvalue weighted by Gasteiger charge is 2.23. The molecule has 2 aliphatic rings. The summed E-state index contributed by atoms with van der Waals surface area (Å²) in [6.45, 7) is 4.63. The van der Waals surface area contributed by atoms with Crippen molar-refractivity contribution in [1.82, 2.24) is 10.3 Å². The van der Waals surface area contributed by atoms with Crippen LogP contribution in [-0.4, -0.2) is 24.2 Å². The molecule has 0 radical (unpaired) electrons. The van der Waals surface area contributed by atoms with Gasteiger partial charge in [0.25, 0.3) is 0 Å². The van der Waals surface area contributed by atoms with Crippen LogP contribution in [0.5, 0.6) is 11.8 Å². The molecule has 0 bridgehead atoms. The predicted molar refractivity (Wildman–Crippen MR) is 80.7 cm³/mol. The Morgan fingerprint density at radius 1 is 1.30 bits per heavy atom. The molecule has 2 atom stereocenters. The van der Waals surface area contributed by atoms with Gasteiger partial charge in [-0.05, 0) is 31.2 Å². The lowest BCUT2D eigenvalue weighted by Gasteiger charge is -2.28. The van der Waals surface area contributed by atoms with Gasteiger partial charge in [-0.3, -0.25) is 0 Å². The third-order valence-electron chi connectivity index (χ3n) is 4.05. The number of nitrogens with one attached hydrogen (secondary N) is 1. The maximum atomic E-state index is 6.06. The minimum absolute atomic E-state index is 0. The van der Waals surface area contributed by atoms with E-state index < -0.39 is 0 Å². The van der Waals surface area contributed by atoms with Gasteiger partial charge in [0.2, 0.25) is 11.8 Å². The Bertz CT molecular complexity index is 442. The zero-order valence-corrected chi connectivity index (χ0v) is 12.7. The SMILES string of the molecule is CC1CCCCC1Oc1ccc2c(n1)OCCNC2.Cl. The summed E-state index contributed by atoms with van der Waals surface area (Å²) in [6.07, 6.45) is 5.30. The van der Waals surface area contributed by atoms with E-state index in [0.29, 0.717) is 24.5 Å². The fourth-order valence-corrected chi connectivity index (χ4v) is 2.83. The first kappa shape index (κ1) is 15.4. The molecule has 1 aliphatic carbocycles. The first-order valence-electron chi connectivity index (χ1n) is 7.33. The fraction of sp³-hybridized carbons (Fsp3) is 0.667. The van der Waals surface area contributed by atoms with Crippen LogP contribution in [-0.2, 0) is 6.54 Å². The standard InChI is InChI=1S/C15H22N2O2.ClH/c1-11-4-2-3-5-13(11)19-14-7-6-12-10-16-8-9-18-15(12)17-14;/h6-7,11,13,16H,2-5,8-10H2,1H3;1H. The van der Waals surface area contributed by atoms with Crippen LogP contribution in [0.25, 0.3) is 0 Å². The highest BCUT2D eigenvalue weighted by Crippen LogP contribution is 2.29. The van der Waals surface area contributed by atoms with Crippen molar-refractivity contribution in [2.24, 2.45) is 5.92 Å². The van der Waals surface area contributed by atoms with E-state index >= 15 is 0 Å². The Hall–Kier alpha value is -1.00. The van der Waals surface area contributed by atoms with E-state index in [0.717, 1.165) is 31.0 Å². The summed E-state index contributed by atoms with van der Waals surface area (Å²) in [5.41, 5.74) is 1.11. The van der Waals surface area contributed by atoms with Crippen molar-refractivity contribution < 1.29 is 9.47 Å². The first-order valence-corrected chi connectivity index (χ1v) is 7.33. The van der Waals surface area contributed by atoms with Crippen LogP contribution in [0, 0.1) is 5.92 Å². The Labute approximate surface area is 126 Å². The van der Waals surface area contributed by atoms with Gasteiger partial charge in [0.05, 0.1) is 0 Å². The molecular formula is C15H23ClN2O2. The van der Waals surface area contributed by atoms with Crippen molar-refractivity contribution in [2.45, 2.75) is 45.3 Å². The zero-order chi connectivity index (χ0) is 13.1. The van der Waals surface area contributed by atoms with Crippen LogP contribution in [0.15, 0.2) is 12.1 Å². The van der Waals surface area contributed by atoms with Gasteiger partial charge in [-0.15, -0.1) is 12.4 Å². The van der Waals surface area contributed by atoms with Crippen molar-refractivity contribution in [1.29, 1.82) is 0 Å². The second-order valence-electron chi connectivity index (χ2n) is 5.56. The largest absolute Gasteiger partial charge is 0.476 e. The fourth-order valence-electron chi connectivity index (χ4n) is 2.83. The molecule has 0 saturated heterocycles. The Morgan fingerprint density at radius 2 is 2.15 bits per heavy atom. The molecule has 1 aliphatic heterocycles.